The van der Waals surface area contributed by atoms with Crippen molar-refractivity contribution < 1.29 is 0 Å². The van der Waals surface area contributed by atoms with Crippen LogP contribution in [-0.4, -0.2) is 24.1 Å². The molecule has 1 fully saturated rings. The maximum Gasteiger partial charge on any atom is 0.0703 e. The van der Waals surface area contributed by atoms with Gasteiger partial charge in [0.15, 0.2) is 0 Å². The average molecular weight is 227 g/mol. The van der Waals surface area contributed by atoms with Crippen molar-refractivity contribution in [2.75, 3.05) is 18.0 Å². The molecule has 0 amide bonds. The van der Waals surface area contributed by atoms with Crippen LogP contribution in [-0.2, 0) is 0 Å². The average Bonchev–Trinajstić information content (AvgIpc) is 2.39. The molecule has 17 heavy (non-hydrogen) atoms. The molecular formula is C14H17N3. The monoisotopic (exact) mass is 227 g/mol. The number of nitrogens with two attached hydrogens (primary N) is 1. The van der Waals surface area contributed by atoms with Crippen molar-refractivity contribution in [2.24, 2.45) is 5.73 Å². The Morgan fingerprint density at radius 2 is 1.94 bits per heavy atom. The van der Waals surface area contributed by atoms with Crippen molar-refractivity contribution >= 4 is 16.6 Å². The van der Waals surface area contributed by atoms with Gasteiger partial charge in [-0.1, -0.05) is 18.2 Å². The Morgan fingerprint density at radius 3 is 2.76 bits per heavy atom. The lowest BCUT2D eigenvalue weighted by Crippen LogP contribution is -2.39. The Kier molecular flexibility index (Phi) is 2.69. The van der Waals surface area contributed by atoms with Gasteiger partial charge >= 0.3 is 0 Å². The maximum absolute atomic E-state index is 5.92. The molecule has 1 aliphatic heterocycles. The Balaban J connectivity index is 1.90. The highest BCUT2D eigenvalue weighted by atomic mass is 15.1. The number of rotatable bonds is 1. The van der Waals surface area contributed by atoms with Crippen LogP contribution in [0.2, 0.25) is 0 Å². The van der Waals surface area contributed by atoms with E-state index in [2.05, 4.69) is 28.1 Å². The number of hydrogen-bond acceptors (Lipinski definition) is 3. The van der Waals surface area contributed by atoms with Gasteiger partial charge in [-0.2, -0.15) is 0 Å². The molecule has 2 aromatic rings. The van der Waals surface area contributed by atoms with Gasteiger partial charge in [0.1, 0.15) is 0 Å². The van der Waals surface area contributed by atoms with E-state index in [0.29, 0.717) is 6.04 Å². The van der Waals surface area contributed by atoms with Gasteiger partial charge in [0, 0.05) is 24.5 Å². The Bertz CT molecular complexity index is 516. The van der Waals surface area contributed by atoms with Crippen molar-refractivity contribution in [3.05, 3.63) is 36.5 Å². The van der Waals surface area contributed by atoms with Crippen molar-refractivity contribution in [3.8, 4) is 0 Å². The zero-order valence-corrected chi connectivity index (χ0v) is 9.84. The molecule has 1 aromatic heterocycles. The maximum atomic E-state index is 5.92. The second kappa shape index (κ2) is 4.34. The number of piperidine rings is 1. The lowest BCUT2D eigenvalue weighted by Gasteiger charge is -2.31. The van der Waals surface area contributed by atoms with Crippen LogP contribution < -0.4 is 10.6 Å². The predicted octanol–water partition coefficient (Wildman–Crippen LogP) is 2.16. The van der Waals surface area contributed by atoms with Crippen molar-refractivity contribution in [1.82, 2.24) is 4.98 Å². The molecule has 3 heteroatoms. The number of pyridine rings is 1. The summed E-state index contributed by atoms with van der Waals surface area (Å²) in [7, 11) is 0. The molecule has 0 saturated carbocycles. The molecule has 3 nitrogen and oxygen atoms in total. The molecule has 1 aromatic carbocycles. The molecule has 0 spiro atoms. The molecule has 3 rings (SSSR count). The summed E-state index contributed by atoms with van der Waals surface area (Å²) in [6, 6.07) is 10.8. The number of para-hydroxylation sites is 1. The van der Waals surface area contributed by atoms with Crippen LogP contribution in [0.25, 0.3) is 10.9 Å². The van der Waals surface area contributed by atoms with Crippen LogP contribution in [0.4, 0.5) is 5.69 Å². The molecule has 2 N–H and O–H groups in total. The zero-order chi connectivity index (χ0) is 11.7. The molecule has 0 bridgehead atoms. The third kappa shape index (κ3) is 2.11. The van der Waals surface area contributed by atoms with Gasteiger partial charge in [0.2, 0.25) is 0 Å². The lowest BCUT2D eigenvalue weighted by atomic mass is 10.1. The van der Waals surface area contributed by atoms with Gasteiger partial charge in [0.25, 0.3) is 0 Å². The highest BCUT2D eigenvalue weighted by Crippen LogP contribution is 2.22. The highest BCUT2D eigenvalue weighted by molar-refractivity contribution is 5.81. The van der Waals surface area contributed by atoms with Gasteiger partial charge in [-0.05, 0) is 25.0 Å². The first-order chi connectivity index (χ1) is 8.33. The quantitative estimate of drug-likeness (QED) is 0.811. The Hall–Kier alpha value is -1.61. The predicted molar refractivity (Wildman–Crippen MR) is 71.2 cm³/mol. The standard InChI is InChI=1S/C14H17N3/c15-12-5-7-17(8-6-12)13-9-11-3-1-2-4-14(11)16-10-13/h1-4,9-10,12H,5-8,15H2. The van der Waals surface area contributed by atoms with Crippen LogP contribution in [0.15, 0.2) is 36.5 Å². The fourth-order valence-electron chi connectivity index (χ4n) is 2.39. The van der Waals surface area contributed by atoms with E-state index in [1.165, 1.54) is 11.1 Å². The SMILES string of the molecule is NC1CCN(c2cnc3ccccc3c2)CC1. The number of fused-ring (bicyclic) bond motifs is 1. The number of aromatic nitrogens is 1. The lowest BCUT2D eigenvalue weighted by molar-refractivity contribution is 0.501. The van der Waals surface area contributed by atoms with Gasteiger partial charge in [0.05, 0.1) is 17.4 Å². The topological polar surface area (TPSA) is 42.1 Å². The van der Waals surface area contributed by atoms with Gasteiger partial charge in [-0.25, -0.2) is 0 Å². The van der Waals surface area contributed by atoms with E-state index in [0.717, 1.165) is 31.4 Å². The van der Waals surface area contributed by atoms with E-state index in [1.54, 1.807) is 0 Å². The molecule has 1 saturated heterocycles. The van der Waals surface area contributed by atoms with E-state index in [9.17, 15) is 0 Å². The van der Waals surface area contributed by atoms with Crippen LogP contribution >= 0.6 is 0 Å². The second-order valence-corrected chi connectivity index (χ2v) is 4.71. The van der Waals surface area contributed by atoms with Gasteiger partial charge in [-0.15, -0.1) is 0 Å². The summed E-state index contributed by atoms with van der Waals surface area (Å²) in [6.07, 6.45) is 4.12. The fraction of sp³-hybridized carbons (Fsp3) is 0.357. The molecule has 0 unspecified atom stereocenters. The summed E-state index contributed by atoms with van der Waals surface area (Å²) in [4.78, 5) is 6.88. The third-order valence-electron chi connectivity index (χ3n) is 3.48. The Morgan fingerprint density at radius 1 is 1.18 bits per heavy atom. The van der Waals surface area contributed by atoms with Crippen LogP contribution in [0.3, 0.4) is 0 Å². The minimum Gasteiger partial charge on any atom is -0.370 e. The van der Waals surface area contributed by atoms with Crippen molar-refractivity contribution in [3.63, 3.8) is 0 Å². The van der Waals surface area contributed by atoms with E-state index in [4.69, 9.17) is 5.73 Å². The number of anilines is 1. The molecule has 0 radical (unpaired) electrons. The summed E-state index contributed by atoms with van der Waals surface area (Å²) in [6.45, 7) is 2.09. The fourth-order valence-corrected chi connectivity index (χ4v) is 2.39. The summed E-state index contributed by atoms with van der Waals surface area (Å²) in [5.41, 5.74) is 8.20. The molecule has 2 heterocycles. The number of hydrogen-bond donors (Lipinski definition) is 1. The third-order valence-corrected chi connectivity index (χ3v) is 3.48. The van der Waals surface area contributed by atoms with Crippen molar-refractivity contribution in [2.45, 2.75) is 18.9 Å². The second-order valence-electron chi connectivity index (χ2n) is 4.71. The largest absolute Gasteiger partial charge is 0.370 e. The first-order valence-corrected chi connectivity index (χ1v) is 6.18. The first kappa shape index (κ1) is 10.5. The summed E-state index contributed by atoms with van der Waals surface area (Å²) in [5.74, 6) is 0. The van der Waals surface area contributed by atoms with Crippen LogP contribution in [0.5, 0.6) is 0 Å². The summed E-state index contributed by atoms with van der Waals surface area (Å²) < 4.78 is 0. The summed E-state index contributed by atoms with van der Waals surface area (Å²) in [5, 5.41) is 1.21. The summed E-state index contributed by atoms with van der Waals surface area (Å²) >= 11 is 0. The van der Waals surface area contributed by atoms with Gasteiger partial charge in [-0.3, -0.25) is 4.98 Å². The van der Waals surface area contributed by atoms with E-state index < -0.39 is 0 Å². The molecule has 88 valence electrons. The first-order valence-electron chi connectivity index (χ1n) is 6.18. The normalized spacial score (nSPS) is 17.6. The smallest absolute Gasteiger partial charge is 0.0703 e. The van der Waals surface area contributed by atoms with Crippen LogP contribution in [0, 0.1) is 0 Å². The van der Waals surface area contributed by atoms with Crippen LogP contribution in [0.1, 0.15) is 12.8 Å². The molecule has 0 aliphatic carbocycles. The Labute approximate surface area is 101 Å². The molecule has 1 aliphatic rings. The van der Waals surface area contributed by atoms with E-state index in [1.807, 2.05) is 18.3 Å². The van der Waals surface area contributed by atoms with E-state index >= 15 is 0 Å². The van der Waals surface area contributed by atoms with Gasteiger partial charge < -0.3 is 10.6 Å². The number of benzene rings is 1. The minimum atomic E-state index is 0.375. The molecule has 0 atom stereocenters. The minimum absolute atomic E-state index is 0.375. The molecular weight excluding hydrogens is 210 g/mol. The number of nitrogens with zero attached hydrogens (tertiary/aromatic N) is 2. The van der Waals surface area contributed by atoms with E-state index in [-0.39, 0.29) is 0 Å². The zero-order valence-electron chi connectivity index (χ0n) is 9.84. The van der Waals surface area contributed by atoms with Crippen molar-refractivity contribution in [1.29, 1.82) is 0 Å². The highest BCUT2D eigenvalue weighted by Gasteiger charge is 2.16.